The molecule has 0 unspecified atom stereocenters. The maximum Gasteiger partial charge on any atom is 0.252 e. The summed E-state index contributed by atoms with van der Waals surface area (Å²) in [5, 5.41) is 11.4. The molecule has 28 heavy (non-hydrogen) atoms. The Morgan fingerprint density at radius 3 is 2.68 bits per heavy atom. The van der Waals surface area contributed by atoms with E-state index in [1.54, 1.807) is 12.4 Å². The van der Waals surface area contributed by atoms with Crippen LogP contribution in [0.15, 0.2) is 55.0 Å². The fourth-order valence-corrected chi connectivity index (χ4v) is 3.56. The van der Waals surface area contributed by atoms with Crippen molar-refractivity contribution in [2.45, 2.75) is 38.6 Å². The van der Waals surface area contributed by atoms with Gasteiger partial charge in [-0.15, -0.1) is 5.10 Å². The van der Waals surface area contributed by atoms with E-state index in [9.17, 15) is 4.79 Å². The molecule has 0 bridgehead atoms. The Morgan fingerprint density at radius 2 is 1.86 bits per heavy atom. The quantitative estimate of drug-likeness (QED) is 0.340. The van der Waals surface area contributed by atoms with Crippen molar-refractivity contribution >= 4 is 28.5 Å². The summed E-state index contributed by atoms with van der Waals surface area (Å²) in [7, 11) is 0. The number of halogens is 1. The first-order chi connectivity index (χ1) is 13.7. The van der Waals surface area contributed by atoms with Crippen LogP contribution < -0.4 is 5.32 Å². The molecule has 6 nitrogen and oxygen atoms in total. The molecule has 3 rings (SSSR count). The Bertz CT molecular complexity index is 881. The van der Waals surface area contributed by atoms with Crippen molar-refractivity contribution in [1.82, 2.24) is 25.3 Å². The number of nitrogens with zero attached hydrogens (tertiary/aromatic N) is 4. The third kappa shape index (κ3) is 6.12. The minimum absolute atomic E-state index is 0.0144. The molecular formula is C21H24IN5O. The van der Waals surface area contributed by atoms with Crippen LogP contribution in [0.2, 0.25) is 0 Å². The molecule has 1 amide bonds. The summed E-state index contributed by atoms with van der Waals surface area (Å²) in [5.74, 6) is 0.0144. The summed E-state index contributed by atoms with van der Waals surface area (Å²) in [6, 6.07) is 11.5. The van der Waals surface area contributed by atoms with Crippen molar-refractivity contribution in [2.24, 2.45) is 0 Å². The van der Waals surface area contributed by atoms with Crippen LogP contribution in [-0.4, -0.2) is 32.4 Å². The molecule has 1 aromatic carbocycles. The number of hydrogen-bond donors (Lipinski definition) is 1. The molecule has 0 aliphatic carbocycles. The van der Waals surface area contributed by atoms with Gasteiger partial charge in [-0.05, 0) is 59.7 Å². The minimum atomic E-state index is 0.0144. The second-order valence-corrected chi connectivity index (χ2v) is 7.77. The predicted molar refractivity (Wildman–Crippen MR) is 118 cm³/mol. The zero-order valence-corrected chi connectivity index (χ0v) is 17.9. The summed E-state index contributed by atoms with van der Waals surface area (Å²) < 4.78 is 2.88. The number of hydrogen-bond acceptors (Lipinski definition) is 4. The highest BCUT2D eigenvalue weighted by Gasteiger charge is 2.07. The number of carbonyl (C=O) groups is 1. The van der Waals surface area contributed by atoms with Crippen LogP contribution in [0.3, 0.4) is 0 Å². The smallest absolute Gasteiger partial charge is 0.252 e. The molecule has 1 N–H and O–H groups in total. The molecule has 0 atom stereocenters. The fraction of sp³-hybridized carbons (Fsp3) is 0.333. The predicted octanol–water partition coefficient (Wildman–Crippen LogP) is 4.33. The topological polar surface area (TPSA) is 72.7 Å². The third-order valence-corrected chi connectivity index (χ3v) is 5.40. The van der Waals surface area contributed by atoms with Crippen molar-refractivity contribution in [1.29, 1.82) is 0 Å². The van der Waals surface area contributed by atoms with Gasteiger partial charge in [0.1, 0.15) is 5.69 Å². The van der Waals surface area contributed by atoms with Gasteiger partial charge in [0.2, 0.25) is 0 Å². The number of carbonyl (C=O) groups excluding carboxylic acids is 1. The van der Waals surface area contributed by atoms with E-state index in [1.807, 2.05) is 47.3 Å². The second kappa shape index (κ2) is 10.9. The van der Waals surface area contributed by atoms with Crippen LogP contribution in [0.4, 0.5) is 0 Å². The van der Waals surface area contributed by atoms with E-state index in [1.165, 1.54) is 0 Å². The zero-order chi connectivity index (χ0) is 19.6. The van der Waals surface area contributed by atoms with Gasteiger partial charge < -0.3 is 5.32 Å². The van der Waals surface area contributed by atoms with Gasteiger partial charge >= 0.3 is 0 Å². The van der Waals surface area contributed by atoms with Crippen LogP contribution in [-0.2, 0) is 6.54 Å². The van der Waals surface area contributed by atoms with Crippen LogP contribution in [0.25, 0.3) is 11.3 Å². The fourth-order valence-electron chi connectivity index (χ4n) is 2.93. The standard InChI is InChI=1S/C21H24IN5O/c22-19-11-5-4-10-18(19)21(28)24-13-6-2-1-3-7-14-27-16-20(25-26-27)17-9-8-12-23-15-17/h4-5,8-12,15-16H,1-3,6-7,13-14H2,(H,24,28). The molecule has 2 aromatic heterocycles. The molecule has 2 heterocycles. The van der Waals surface area contributed by atoms with Gasteiger partial charge in [0.25, 0.3) is 5.91 Å². The Labute approximate surface area is 178 Å². The largest absolute Gasteiger partial charge is 0.352 e. The first-order valence-corrected chi connectivity index (χ1v) is 10.6. The monoisotopic (exact) mass is 489 g/mol. The lowest BCUT2D eigenvalue weighted by Gasteiger charge is -2.07. The van der Waals surface area contributed by atoms with E-state index in [-0.39, 0.29) is 5.91 Å². The molecule has 0 saturated heterocycles. The number of unbranched alkanes of at least 4 members (excludes halogenated alkanes) is 4. The maximum atomic E-state index is 12.1. The summed E-state index contributed by atoms with van der Waals surface area (Å²) >= 11 is 2.19. The molecule has 0 aliphatic heterocycles. The Kier molecular flexibility index (Phi) is 7.95. The number of aryl methyl sites for hydroxylation is 1. The molecule has 0 aliphatic rings. The minimum Gasteiger partial charge on any atom is -0.352 e. The Morgan fingerprint density at radius 1 is 1.04 bits per heavy atom. The van der Waals surface area contributed by atoms with Gasteiger partial charge in [0.15, 0.2) is 0 Å². The van der Waals surface area contributed by atoms with Crippen molar-refractivity contribution in [3.63, 3.8) is 0 Å². The summed E-state index contributed by atoms with van der Waals surface area (Å²) in [6.07, 6.45) is 11.0. The lowest BCUT2D eigenvalue weighted by atomic mass is 10.1. The SMILES string of the molecule is O=C(NCCCCCCCn1cc(-c2cccnc2)nn1)c1ccccc1I. The molecular weight excluding hydrogens is 465 g/mol. The normalized spacial score (nSPS) is 10.8. The first-order valence-electron chi connectivity index (χ1n) is 9.57. The molecule has 3 aromatic rings. The average molecular weight is 489 g/mol. The van der Waals surface area contributed by atoms with Crippen LogP contribution in [0.5, 0.6) is 0 Å². The van der Waals surface area contributed by atoms with Gasteiger partial charge in [-0.1, -0.05) is 36.6 Å². The number of nitrogens with one attached hydrogen (secondary N) is 1. The highest BCUT2D eigenvalue weighted by atomic mass is 127. The van der Waals surface area contributed by atoms with E-state index < -0.39 is 0 Å². The van der Waals surface area contributed by atoms with Crippen molar-refractivity contribution in [2.75, 3.05) is 6.54 Å². The molecule has 0 saturated carbocycles. The van der Waals surface area contributed by atoms with E-state index in [0.717, 1.165) is 65.6 Å². The number of amides is 1. The molecule has 0 fully saturated rings. The lowest BCUT2D eigenvalue weighted by molar-refractivity contribution is 0.0952. The van der Waals surface area contributed by atoms with Crippen molar-refractivity contribution in [3.05, 3.63) is 64.1 Å². The molecule has 146 valence electrons. The van der Waals surface area contributed by atoms with Gasteiger partial charge in [-0.25, -0.2) is 0 Å². The van der Waals surface area contributed by atoms with Crippen molar-refractivity contribution < 1.29 is 4.79 Å². The van der Waals surface area contributed by atoms with Gasteiger partial charge in [-0.3, -0.25) is 14.5 Å². The zero-order valence-electron chi connectivity index (χ0n) is 15.7. The van der Waals surface area contributed by atoms with E-state index in [2.05, 4.69) is 43.2 Å². The molecule has 0 spiro atoms. The van der Waals surface area contributed by atoms with E-state index in [0.29, 0.717) is 0 Å². The number of benzene rings is 1. The number of pyridine rings is 1. The highest BCUT2D eigenvalue weighted by molar-refractivity contribution is 14.1. The van der Waals surface area contributed by atoms with E-state index in [4.69, 9.17) is 0 Å². The second-order valence-electron chi connectivity index (χ2n) is 6.61. The Balaban J connectivity index is 1.26. The van der Waals surface area contributed by atoms with Gasteiger partial charge in [0.05, 0.1) is 11.8 Å². The summed E-state index contributed by atoms with van der Waals surface area (Å²) in [5.41, 5.74) is 2.60. The first kappa shape index (κ1) is 20.4. The Hall–Kier alpha value is -2.29. The van der Waals surface area contributed by atoms with Crippen LogP contribution >= 0.6 is 22.6 Å². The third-order valence-electron chi connectivity index (χ3n) is 4.46. The summed E-state index contributed by atoms with van der Waals surface area (Å²) in [6.45, 7) is 1.60. The summed E-state index contributed by atoms with van der Waals surface area (Å²) in [4.78, 5) is 16.2. The van der Waals surface area contributed by atoms with Gasteiger partial charge in [0, 0.05) is 34.6 Å². The van der Waals surface area contributed by atoms with Crippen LogP contribution in [0, 0.1) is 3.57 Å². The average Bonchev–Trinajstić information content (AvgIpc) is 3.20. The highest BCUT2D eigenvalue weighted by Crippen LogP contribution is 2.14. The lowest BCUT2D eigenvalue weighted by Crippen LogP contribution is -2.25. The number of aromatic nitrogens is 4. The van der Waals surface area contributed by atoms with Gasteiger partial charge in [-0.2, -0.15) is 0 Å². The van der Waals surface area contributed by atoms with E-state index >= 15 is 0 Å². The van der Waals surface area contributed by atoms with Crippen LogP contribution in [0.1, 0.15) is 42.5 Å². The molecule has 0 radical (unpaired) electrons. The maximum absolute atomic E-state index is 12.1. The number of rotatable bonds is 10. The van der Waals surface area contributed by atoms with Crippen molar-refractivity contribution in [3.8, 4) is 11.3 Å². The molecule has 7 heteroatoms.